The second-order valence-electron chi connectivity index (χ2n) is 20.7. The van der Waals surface area contributed by atoms with E-state index in [1.165, 1.54) is 99.3 Å². The largest absolute Gasteiger partial charge is 0.310 e. The van der Waals surface area contributed by atoms with Gasteiger partial charge in [-0.2, -0.15) is 0 Å². The van der Waals surface area contributed by atoms with Crippen molar-refractivity contribution in [2.75, 3.05) is 4.90 Å². The first-order chi connectivity index (χ1) is 38.6. The molecule has 2 aliphatic carbocycles. The molecule has 0 saturated carbocycles. The monoisotopic (exact) mass is 992 g/mol. The summed E-state index contributed by atoms with van der Waals surface area (Å²) in [6.45, 7) is 6.28. The normalized spacial score (nSPS) is 12.9. The molecule has 13 aromatic rings. The number of para-hydroxylation sites is 1. The third-order valence-electron chi connectivity index (χ3n) is 16.7. The van der Waals surface area contributed by atoms with Crippen LogP contribution < -0.4 is 4.90 Å². The number of benzene rings is 12. The Labute approximate surface area is 455 Å². The number of anilines is 3. The van der Waals surface area contributed by atoms with E-state index in [-0.39, 0.29) is 0 Å². The smallest absolute Gasteiger partial charge is 0.0726 e. The molecule has 0 radical (unpaired) electrons. The zero-order chi connectivity index (χ0) is 51.9. The summed E-state index contributed by atoms with van der Waals surface area (Å²) in [6, 6.07) is 101. The fraction of sp³-hybridized carbons (Fsp3) is 0.0263. The van der Waals surface area contributed by atoms with Gasteiger partial charge in [0.1, 0.15) is 0 Å². The van der Waals surface area contributed by atoms with Gasteiger partial charge in [0.05, 0.1) is 22.1 Å². The number of nitrogens with zero attached hydrogens (tertiary/aromatic N) is 2. The maximum atomic E-state index is 4.16. The SMILES string of the molecule is C=Cc1ccccc1/C(=C\C)n1c2ccccc2c2cc(-c3cccc(-c4cccc(N(c5ccc6c(c5)C5(c7ccccc7-c7ccccc75)c5ccccc5-6)c5ccc(-c6ccccc6)c6ccccc56)c4)c3)ccc21. The van der Waals surface area contributed by atoms with Crippen molar-refractivity contribution in [3.63, 3.8) is 0 Å². The Bertz CT molecular complexity index is 4540. The molecular formula is C76H52N2. The summed E-state index contributed by atoms with van der Waals surface area (Å²) in [5.74, 6) is 0. The van der Waals surface area contributed by atoms with Gasteiger partial charge in [-0.3, -0.25) is 0 Å². The molecule has 0 aliphatic heterocycles. The lowest BCUT2D eigenvalue weighted by atomic mass is 9.70. The summed E-state index contributed by atoms with van der Waals surface area (Å²) in [5, 5.41) is 4.84. The number of aromatic nitrogens is 1. The van der Waals surface area contributed by atoms with Gasteiger partial charge in [-0.05, 0) is 150 Å². The van der Waals surface area contributed by atoms with Crippen LogP contribution in [0.15, 0.2) is 286 Å². The number of rotatable bonds is 9. The Balaban J connectivity index is 0.897. The van der Waals surface area contributed by atoms with E-state index in [0.29, 0.717) is 0 Å². The van der Waals surface area contributed by atoms with Crippen molar-refractivity contribution in [3.8, 4) is 55.6 Å². The molecule has 2 heteroatoms. The zero-order valence-electron chi connectivity index (χ0n) is 43.2. The molecular weight excluding hydrogens is 941 g/mol. The van der Waals surface area contributed by atoms with E-state index in [9.17, 15) is 0 Å². The van der Waals surface area contributed by atoms with Crippen molar-refractivity contribution in [1.29, 1.82) is 0 Å². The minimum atomic E-state index is -0.480. The molecule has 2 nitrogen and oxygen atoms in total. The molecule has 0 unspecified atom stereocenters. The Morgan fingerprint density at radius 3 is 1.60 bits per heavy atom. The topological polar surface area (TPSA) is 8.17 Å². The van der Waals surface area contributed by atoms with Gasteiger partial charge in [0.15, 0.2) is 0 Å². The predicted molar refractivity (Wildman–Crippen MR) is 330 cm³/mol. The fourth-order valence-corrected chi connectivity index (χ4v) is 13.4. The Morgan fingerprint density at radius 1 is 0.372 bits per heavy atom. The lowest BCUT2D eigenvalue weighted by Gasteiger charge is -2.32. The maximum absolute atomic E-state index is 4.16. The fourth-order valence-electron chi connectivity index (χ4n) is 13.4. The van der Waals surface area contributed by atoms with Gasteiger partial charge >= 0.3 is 0 Å². The highest BCUT2D eigenvalue weighted by Crippen LogP contribution is 2.63. The lowest BCUT2D eigenvalue weighted by Crippen LogP contribution is -2.26. The van der Waals surface area contributed by atoms with Gasteiger partial charge in [-0.1, -0.05) is 237 Å². The molecule has 0 bridgehead atoms. The molecule has 0 amide bonds. The standard InChI is InChI=1S/C76H52N2/c1-3-50-22-8-9-29-59(50)72(4-2)78-73-39-19-15-35-66(73)67-48-55(40-44-75(67)78)53-26-20-25-52(46-53)54-27-21-28-56(47-54)77(74-45-43-58(51-23-6-5-7-24-51)60-30-10-11-34-65(60)74)57-41-42-64-63-33-14-18-38-70(63)76(71(64)49-57)68-36-16-12-31-61(68)62-32-13-17-37-69(62)76/h3-49H,1H2,2H3/b72-4+. The average molecular weight is 993 g/mol. The lowest BCUT2D eigenvalue weighted by molar-refractivity contribution is 0.793. The second-order valence-corrected chi connectivity index (χ2v) is 20.7. The van der Waals surface area contributed by atoms with Crippen LogP contribution >= 0.6 is 0 Å². The molecule has 78 heavy (non-hydrogen) atoms. The zero-order valence-corrected chi connectivity index (χ0v) is 43.2. The van der Waals surface area contributed by atoms with E-state index in [1.807, 2.05) is 6.08 Å². The minimum absolute atomic E-state index is 0.480. The van der Waals surface area contributed by atoms with Crippen molar-refractivity contribution in [3.05, 3.63) is 319 Å². The van der Waals surface area contributed by atoms with Gasteiger partial charge in [0.25, 0.3) is 0 Å². The Kier molecular flexibility index (Phi) is 10.5. The minimum Gasteiger partial charge on any atom is -0.310 e. The molecule has 2 aliphatic rings. The van der Waals surface area contributed by atoms with E-state index < -0.39 is 5.41 Å². The molecule has 0 fully saturated rings. The van der Waals surface area contributed by atoms with Gasteiger partial charge in [-0.25, -0.2) is 0 Å². The molecule has 15 rings (SSSR count). The van der Waals surface area contributed by atoms with E-state index in [1.54, 1.807) is 0 Å². The van der Waals surface area contributed by atoms with Crippen molar-refractivity contribution in [2.45, 2.75) is 12.3 Å². The van der Waals surface area contributed by atoms with Crippen LogP contribution in [0.5, 0.6) is 0 Å². The molecule has 0 N–H and O–H groups in total. The Hall–Kier alpha value is -10.0. The number of fused-ring (bicyclic) bond motifs is 14. The molecule has 0 saturated heterocycles. The van der Waals surface area contributed by atoms with Gasteiger partial charge in [0.2, 0.25) is 0 Å². The molecule has 12 aromatic carbocycles. The van der Waals surface area contributed by atoms with E-state index in [0.717, 1.165) is 45.0 Å². The van der Waals surface area contributed by atoms with Crippen molar-refractivity contribution < 1.29 is 0 Å². The van der Waals surface area contributed by atoms with Gasteiger partial charge in [-0.15, -0.1) is 0 Å². The van der Waals surface area contributed by atoms with Gasteiger partial charge in [0, 0.05) is 38.8 Å². The number of allylic oxidation sites excluding steroid dienone is 1. The van der Waals surface area contributed by atoms with Crippen LogP contribution in [0.2, 0.25) is 0 Å². The van der Waals surface area contributed by atoms with E-state index >= 15 is 0 Å². The number of hydrogen-bond acceptors (Lipinski definition) is 1. The number of hydrogen-bond donors (Lipinski definition) is 0. The molecule has 1 aromatic heterocycles. The highest BCUT2D eigenvalue weighted by atomic mass is 15.1. The first kappa shape index (κ1) is 45.4. The van der Waals surface area contributed by atoms with Crippen LogP contribution in [-0.2, 0) is 5.41 Å². The highest BCUT2D eigenvalue weighted by molar-refractivity contribution is 6.12. The summed E-state index contributed by atoms with van der Waals surface area (Å²) < 4.78 is 2.41. The van der Waals surface area contributed by atoms with Gasteiger partial charge < -0.3 is 9.47 Å². The van der Waals surface area contributed by atoms with Crippen LogP contribution in [0.1, 0.15) is 40.3 Å². The molecule has 366 valence electrons. The summed E-state index contributed by atoms with van der Waals surface area (Å²) in [6.07, 6.45) is 4.17. The first-order valence-corrected chi connectivity index (χ1v) is 27.1. The van der Waals surface area contributed by atoms with Crippen molar-refractivity contribution >= 4 is 61.4 Å². The van der Waals surface area contributed by atoms with Crippen LogP contribution in [0.25, 0.3) is 100.0 Å². The van der Waals surface area contributed by atoms with Crippen LogP contribution in [-0.4, -0.2) is 4.57 Å². The Morgan fingerprint density at radius 2 is 0.897 bits per heavy atom. The van der Waals surface area contributed by atoms with Crippen molar-refractivity contribution in [2.24, 2.45) is 0 Å². The summed E-state index contributed by atoms with van der Waals surface area (Å²) in [5.41, 5.74) is 26.1. The maximum Gasteiger partial charge on any atom is 0.0726 e. The van der Waals surface area contributed by atoms with Crippen molar-refractivity contribution in [1.82, 2.24) is 4.57 Å². The summed E-state index contributed by atoms with van der Waals surface area (Å²) in [4.78, 5) is 2.50. The summed E-state index contributed by atoms with van der Waals surface area (Å²) >= 11 is 0. The third kappa shape index (κ3) is 6.76. The molecule has 1 heterocycles. The van der Waals surface area contributed by atoms with Crippen LogP contribution in [0.3, 0.4) is 0 Å². The van der Waals surface area contributed by atoms with Crippen LogP contribution in [0, 0.1) is 0 Å². The van der Waals surface area contributed by atoms with E-state index in [2.05, 4.69) is 302 Å². The molecule has 0 atom stereocenters. The predicted octanol–water partition coefficient (Wildman–Crippen LogP) is 20.3. The molecule has 1 spiro atoms. The second kappa shape index (κ2) is 18.1. The highest BCUT2D eigenvalue weighted by Gasteiger charge is 2.51. The quantitative estimate of drug-likeness (QED) is 0.140. The van der Waals surface area contributed by atoms with E-state index in [4.69, 9.17) is 0 Å². The summed E-state index contributed by atoms with van der Waals surface area (Å²) in [7, 11) is 0. The third-order valence-corrected chi connectivity index (χ3v) is 16.7. The van der Waals surface area contributed by atoms with Crippen LogP contribution in [0.4, 0.5) is 17.1 Å². The first-order valence-electron chi connectivity index (χ1n) is 27.1. The average Bonchev–Trinajstić information content (AvgIpc) is 3.82.